The van der Waals surface area contributed by atoms with Gasteiger partial charge in [-0.3, -0.25) is 0 Å². The standard InChI is InChI=1S/C9H9ClF2O/c1-2-13-9-7(11)3-6(5-10)4-8(9)12/h3-4H,2,5H2,1H3. The molecule has 1 rings (SSSR count). The monoisotopic (exact) mass is 206 g/mol. The van der Waals surface area contributed by atoms with Gasteiger partial charge in [-0.1, -0.05) is 0 Å². The molecule has 0 aliphatic rings. The molecule has 0 spiro atoms. The lowest BCUT2D eigenvalue weighted by molar-refractivity contribution is 0.302. The lowest BCUT2D eigenvalue weighted by Crippen LogP contribution is -1.99. The Labute approximate surface area is 80.3 Å². The molecular formula is C9H9ClF2O. The summed E-state index contributed by atoms with van der Waals surface area (Å²) < 4.78 is 30.9. The van der Waals surface area contributed by atoms with Crippen LogP contribution in [0.25, 0.3) is 0 Å². The van der Waals surface area contributed by atoms with Crippen LogP contribution in [0, 0.1) is 11.6 Å². The zero-order valence-corrected chi connectivity index (χ0v) is 7.87. The summed E-state index contributed by atoms with van der Waals surface area (Å²) >= 11 is 5.43. The number of hydrogen-bond donors (Lipinski definition) is 0. The van der Waals surface area contributed by atoms with Gasteiger partial charge in [0.05, 0.1) is 6.61 Å². The fraction of sp³-hybridized carbons (Fsp3) is 0.333. The van der Waals surface area contributed by atoms with Crippen molar-refractivity contribution in [2.75, 3.05) is 6.61 Å². The highest BCUT2D eigenvalue weighted by molar-refractivity contribution is 6.17. The van der Waals surface area contributed by atoms with Crippen LogP contribution in [-0.2, 0) is 5.88 Å². The zero-order valence-electron chi connectivity index (χ0n) is 7.11. The number of hydrogen-bond acceptors (Lipinski definition) is 1. The van der Waals surface area contributed by atoms with Crippen molar-refractivity contribution in [1.82, 2.24) is 0 Å². The lowest BCUT2D eigenvalue weighted by Gasteiger charge is -2.06. The van der Waals surface area contributed by atoms with E-state index in [-0.39, 0.29) is 18.2 Å². The maximum atomic E-state index is 13.1. The molecule has 0 radical (unpaired) electrons. The van der Waals surface area contributed by atoms with E-state index in [1.807, 2.05) is 0 Å². The van der Waals surface area contributed by atoms with Gasteiger partial charge in [-0.05, 0) is 24.6 Å². The van der Waals surface area contributed by atoms with Crippen LogP contribution in [-0.4, -0.2) is 6.61 Å². The molecule has 0 atom stereocenters. The average molecular weight is 207 g/mol. The van der Waals surface area contributed by atoms with E-state index in [0.29, 0.717) is 5.56 Å². The van der Waals surface area contributed by atoms with E-state index in [1.54, 1.807) is 6.92 Å². The molecule has 0 aliphatic carbocycles. The molecule has 0 amide bonds. The summed E-state index contributed by atoms with van der Waals surface area (Å²) in [6, 6.07) is 2.34. The van der Waals surface area contributed by atoms with Gasteiger partial charge in [0.1, 0.15) is 0 Å². The van der Waals surface area contributed by atoms with Crippen LogP contribution >= 0.6 is 11.6 Å². The Morgan fingerprint density at radius 3 is 2.23 bits per heavy atom. The van der Waals surface area contributed by atoms with E-state index in [9.17, 15) is 8.78 Å². The van der Waals surface area contributed by atoms with Gasteiger partial charge in [0.15, 0.2) is 17.4 Å². The van der Waals surface area contributed by atoms with Crippen molar-refractivity contribution >= 4 is 11.6 Å². The third-order valence-corrected chi connectivity index (χ3v) is 1.81. The maximum Gasteiger partial charge on any atom is 0.190 e. The lowest BCUT2D eigenvalue weighted by atomic mass is 10.2. The van der Waals surface area contributed by atoms with Gasteiger partial charge in [0, 0.05) is 5.88 Å². The predicted octanol–water partition coefficient (Wildman–Crippen LogP) is 3.10. The second-order valence-corrected chi connectivity index (χ2v) is 2.72. The number of benzene rings is 1. The molecule has 13 heavy (non-hydrogen) atoms. The molecule has 1 aromatic rings. The summed E-state index contributed by atoms with van der Waals surface area (Å²) in [5.74, 6) is -1.67. The molecule has 0 heterocycles. The minimum atomic E-state index is -0.711. The number of ether oxygens (including phenoxy) is 1. The smallest absolute Gasteiger partial charge is 0.190 e. The second kappa shape index (κ2) is 4.42. The third-order valence-electron chi connectivity index (χ3n) is 1.50. The van der Waals surface area contributed by atoms with Crippen LogP contribution in [0.15, 0.2) is 12.1 Å². The molecule has 0 bridgehead atoms. The molecule has 1 aromatic carbocycles. The Balaban J connectivity index is 3.07. The largest absolute Gasteiger partial charge is 0.488 e. The Bertz CT molecular complexity index is 279. The van der Waals surface area contributed by atoms with Crippen molar-refractivity contribution in [2.45, 2.75) is 12.8 Å². The van der Waals surface area contributed by atoms with E-state index in [1.165, 1.54) is 12.1 Å². The highest BCUT2D eigenvalue weighted by Crippen LogP contribution is 2.23. The topological polar surface area (TPSA) is 9.23 Å². The van der Waals surface area contributed by atoms with Crippen molar-refractivity contribution < 1.29 is 13.5 Å². The minimum absolute atomic E-state index is 0.0836. The van der Waals surface area contributed by atoms with Crippen molar-refractivity contribution in [3.63, 3.8) is 0 Å². The molecule has 0 N–H and O–H groups in total. The number of rotatable bonds is 3. The molecule has 0 unspecified atom stereocenters. The maximum absolute atomic E-state index is 13.1. The van der Waals surface area contributed by atoms with Gasteiger partial charge < -0.3 is 4.74 Å². The van der Waals surface area contributed by atoms with Crippen LogP contribution in [0.1, 0.15) is 12.5 Å². The van der Waals surface area contributed by atoms with Gasteiger partial charge in [0.2, 0.25) is 0 Å². The molecule has 0 saturated carbocycles. The first-order chi connectivity index (χ1) is 6.19. The van der Waals surface area contributed by atoms with Crippen molar-refractivity contribution in [2.24, 2.45) is 0 Å². The first-order valence-electron chi connectivity index (χ1n) is 3.85. The molecule has 0 aliphatic heterocycles. The molecule has 0 aromatic heterocycles. The highest BCUT2D eigenvalue weighted by atomic mass is 35.5. The summed E-state index contributed by atoms with van der Waals surface area (Å²) in [6.45, 7) is 1.89. The van der Waals surface area contributed by atoms with Gasteiger partial charge in [0.25, 0.3) is 0 Å². The van der Waals surface area contributed by atoms with E-state index < -0.39 is 11.6 Å². The van der Waals surface area contributed by atoms with Gasteiger partial charge >= 0.3 is 0 Å². The molecule has 1 nitrogen and oxygen atoms in total. The quantitative estimate of drug-likeness (QED) is 0.691. The van der Waals surface area contributed by atoms with Crippen LogP contribution in [0.2, 0.25) is 0 Å². The Hall–Kier alpha value is -0.830. The molecule has 72 valence electrons. The number of alkyl halides is 1. The summed E-state index contributed by atoms with van der Waals surface area (Å²) in [5, 5.41) is 0. The Kier molecular flexibility index (Phi) is 3.48. The van der Waals surface area contributed by atoms with E-state index in [4.69, 9.17) is 16.3 Å². The van der Waals surface area contributed by atoms with Gasteiger partial charge in [-0.15, -0.1) is 11.6 Å². The van der Waals surface area contributed by atoms with E-state index in [0.717, 1.165) is 0 Å². The first-order valence-corrected chi connectivity index (χ1v) is 4.39. The summed E-state index contributed by atoms with van der Waals surface area (Å²) in [6.07, 6.45) is 0. The molecule has 0 saturated heterocycles. The number of halogens is 3. The molecule has 0 fully saturated rings. The van der Waals surface area contributed by atoms with Gasteiger partial charge in [-0.2, -0.15) is 0 Å². The van der Waals surface area contributed by atoms with Crippen molar-refractivity contribution in [1.29, 1.82) is 0 Å². The molecule has 4 heteroatoms. The second-order valence-electron chi connectivity index (χ2n) is 2.46. The van der Waals surface area contributed by atoms with Crippen LogP contribution in [0.5, 0.6) is 5.75 Å². The van der Waals surface area contributed by atoms with Crippen LogP contribution in [0.3, 0.4) is 0 Å². The summed E-state index contributed by atoms with van der Waals surface area (Å²) in [5.41, 5.74) is 0.403. The fourth-order valence-electron chi connectivity index (χ4n) is 0.972. The van der Waals surface area contributed by atoms with Crippen molar-refractivity contribution in [3.05, 3.63) is 29.3 Å². The normalized spacial score (nSPS) is 10.2. The van der Waals surface area contributed by atoms with E-state index in [2.05, 4.69) is 0 Å². The summed E-state index contributed by atoms with van der Waals surface area (Å²) in [7, 11) is 0. The van der Waals surface area contributed by atoms with Crippen LogP contribution in [0.4, 0.5) is 8.78 Å². The average Bonchev–Trinajstić information content (AvgIpc) is 2.11. The van der Waals surface area contributed by atoms with Gasteiger partial charge in [-0.25, -0.2) is 8.78 Å². The first kappa shape index (κ1) is 10.3. The van der Waals surface area contributed by atoms with Crippen molar-refractivity contribution in [3.8, 4) is 5.75 Å². The Morgan fingerprint density at radius 1 is 1.31 bits per heavy atom. The van der Waals surface area contributed by atoms with Crippen LogP contribution < -0.4 is 4.74 Å². The summed E-state index contributed by atoms with van der Waals surface area (Å²) in [4.78, 5) is 0. The molecular weight excluding hydrogens is 198 g/mol. The minimum Gasteiger partial charge on any atom is -0.488 e. The highest BCUT2D eigenvalue weighted by Gasteiger charge is 2.11. The van der Waals surface area contributed by atoms with E-state index >= 15 is 0 Å². The third kappa shape index (κ3) is 2.31. The Morgan fingerprint density at radius 2 is 1.85 bits per heavy atom. The predicted molar refractivity (Wildman–Crippen MR) is 47.1 cm³/mol. The zero-order chi connectivity index (χ0) is 9.84. The SMILES string of the molecule is CCOc1c(F)cc(CCl)cc1F. The fourth-order valence-corrected chi connectivity index (χ4v) is 1.13.